The van der Waals surface area contributed by atoms with E-state index >= 15 is 0 Å². The SMILES string of the molecule is CC(N)C1CCN(Cc2cn(Cc3ccccc3)nc2-c2cccnc2)C1. The highest BCUT2D eigenvalue weighted by Crippen LogP contribution is 2.26. The first kappa shape index (κ1) is 17.9. The number of nitrogens with zero attached hydrogens (tertiary/aromatic N) is 4. The smallest absolute Gasteiger partial charge is 0.0983 e. The quantitative estimate of drug-likeness (QED) is 0.733. The molecule has 5 nitrogen and oxygen atoms in total. The molecule has 0 spiro atoms. The lowest BCUT2D eigenvalue weighted by Gasteiger charge is -2.17. The molecule has 1 fully saturated rings. The monoisotopic (exact) mass is 361 g/mol. The normalized spacial score (nSPS) is 18.7. The second kappa shape index (κ2) is 8.03. The fraction of sp³-hybridized carbons (Fsp3) is 0.364. The summed E-state index contributed by atoms with van der Waals surface area (Å²) in [5.41, 5.74) is 10.7. The Labute approximate surface area is 160 Å². The van der Waals surface area contributed by atoms with E-state index in [1.807, 2.05) is 23.0 Å². The minimum absolute atomic E-state index is 0.258. The van der Waals surface area contributed by atoms with Gasteiger partial charge in [-0.25, -0.2) is 0 Å². The highest BCUT2D eigenvalue weighted by Gasteiger charge is 2.26. The van der Waals surface area contributed by atoms with Gasteiger partial charge >= 0.3 is 0 Å². The van der Waals surface area contributed by atoms with Crippen molar-refractivity contribution in [2.45, 2.75) is 32.5 Å². The van der Waals surface area contributed by atoms with E-state index in [0.29, 0.717) is 5.92 Å². The number of pyridine rings is 1. The Bertz CT molecular complexity index is 857. The molecule has 2 aromatic heterocycles. The zero-order valence-corrected chi connectivity index (χ0v) is 15.8. The van der Waals surface area contributed by atoms with Crippen molar-refractivity contribution in [1.29, 1.82) is 0 Å². The van der Waals surface area contributed by atoms with Gasteiger partial charge in [0.25, 0.3) is 0 Å². The Morgan fingerprint density at radius 2 is 2.00 bits per heavy atom. The van der Waals surface area contributed by atoms with Crippen molar-refractivity contribution < 1.29 is 0 Å². The van der Waals surface area contributed by atoms with Crippen LogP contribution in [0, 0.1) is 5.92 Å². The largest absolute Gasteiger partial charge is 0.328 e. The molecule has 0 amide bonds. The van der Waals surface area contributed by atoms with Crippen LogP contribution in [0.1, 0.15) is 24.5 Å². The molecule has 0 saturated carbocycles. The number of aromatic nitrogens is 3. The molecule has 2 N–H and O–H groups in total. The van der Waals surface area contributed by atoms with Gasteiger partial charge in [-0.2, -0.15) is 5.10 Å². The van der Waals surface area contributed by atoms with Crippen LogP contribution in [0.4, 0.5) is 0 Å². The molecule has 0 bridgehead atoms. The molecule has 2 atom stereocenters. The fourth-order valence-electron chi connectivity index (χ4n) is 3.85. The molecule has 27 heavy (non-hydrogen) atoms. The van der Waals surface area contributed by atoms with Crippen LogP contribution in [0.5, 0.6) is 0 Å². The molecule has 4 rings (SSSR count). The molecule has 0 aliphatic carbocycles. The molecule has 1 aliphatic rings. The number of likely N-dealkylation sites (tertiary alicyclic amines) is 1. The Hall–Kier alpha value is -2.50. The molecule has 1 saturated heterocycles. The van der Waals surface area contributed by atoms with Crippen LogP contribution < -0.4 is 5.73 Å². The lowest BCUT2D eigenvalue weighted by Crippen LogP contribution is -2.29. The summed E-state index contributed by atoms with van der Waals surface area (Å²) in [5.74, 6) is 0.589. The second-order valence-corrected chi connectivity index (χ2v) is 7.57. The molecular weight excluding hydrogens is 334 g/mol. The van der Waals surface area contributed by atoms with E-state index in [4.69, 9.17) is 10.8 Å². The molecule has 3 heterocycles. The Kier molecular flexibility index (Phi) is 5.32. The Balaban J connectivity index is 1.59. The average Bonchev–Trinajstić information content (AvgIpc) is 3.31. The Morgan fingerprint density at radius 1 is 1.15 bits per heavy atom. The molecule has 1 aromatic carbocycles. The third-order valence-corrected chi connectivity index (χ3v) is 5.41. The summed E-state index contributed by atoms with van der Waals surface area (Å²) in [6.07, 6.45) is 7.07. The van der Waals surface area contributed by atoms with Crippen LogP contribution in [0.25, 0.3) is 11.3 Å². The standard InChI is InChI=1S/C22H27N5/c1-17(23)20-9-11-26(14-20)15-21-16-27(13-18-6-3-2-4-7-18)25-22(21)19-8-5-10-24-12-19/h2-8,10,12,16-17,20H,9,11,13-15,23H2,1H3. The van der Waals surface area contributed by atoms with E-state index in [0.717, 1.165) is 37.4 Å². The third kappa shape index (κ3) is 4.26. The molecule has 3 aromatic rings. The third-order valence-electron chi connectivity index (χ3n) is 5.41. The van der Waals surface area contributed by atoms with Gasteiger partial charge in [0.05, 0.1) is 12.2 Å². The van der Waals surface area contributed by atoms with E-state index in [1.54, 1.807) is 6.20 Å². The van der Waals surface area contributed by atoms with Crippen molar-refractivity contribution in [2.75, 3.05) is 13.1 Å². The van der Waals surface area contributed by atoms with E-state index in [9.17, 15) is 0 Å². The minimum atomic E-state index is 0.258. The highest BCUT2D eigenvalue weighted by atomic mass is 15.3. The summed E-state index contributed by atoms with van der Waals surface area (Å²) in [4.78, 5) is 6.78. The number of nitrogens with two attached hydrogens (primary N) is 1. The predicted octanol–water partition coefficient (Wildman–Crippen LogP) is 3.16. The Morgan fingerprint density at radius 3 is 2.70 bits per heavy atom. The van der Waals surface area contributed by atoms with Crippen LogP contribution in [0.2, 0.25) is 0 Å². The van der Waals surface area contributed by atoms with Gasteiger partial charge in [0.15, 0.2) is 0 Å². The number of hydrogen-bond donors (Lipinski definition) is 1. The van der Waals surface area contributed by atoms with E-state index in [-0.39, 0.29) is 6.04 Å². The van der Waals surface area contributed by atoms with Gasteiger partial charge in [-0.3, -0.25) is 14.6 Å². The van der Waals surface area contributed by atoms with Gasteiger partial charge in [0, 0.05) is 48.8 Å². The zero-order chi connectivity index (χ0) is 18.6. The topological polar surface area (TPSA) is 60.0 Å². The van der Waals surface area contributed by atoms with Gasteiger partial charge in [-0.05, 0) is 43.5 Å². The van der Waals surface area contributed by atoms with Gasteiger partial charge in [-0.15, -0.1) is 0 Å². The van der Waals surface area contributed by atoms with Crippen molar-refractivity contribution in [2.24, 2.45) is 11.7 Å². The molecular formula is C22H27N5. The number of benzene rings is 1. The first-order valence-electron chi connectivity index (χ1n) is 9.67. The van der Waals surface area contributed by atoms with Gasteiger partial charge in [0.2, 0.25) is 0 Å². The van der Waals surface area contributed by atoms with Crippen molar-refractivity contribution in [1.82, 2.24) is 19.7 Å². The fourth-order valence-corrected chi connectivity index (χ4v) is 3.85. The van der Waals surface area contributed by atoms with Gasteiger partial charge in [0.1, 0.15) is 0 Å². The van der Waals surface area contributed by atoms with Crippen LogP contribution in [0.15, 0.2) is 61.1 Å². The molecule has 2 unspecified atom stereocenters. The van der Waals surface area contributed by atoms with E-state index < -0.39 is 0 Å². The molecule has 5 heteroatoms. The highest BCUT2D eigenvalue weighted by molar-refractivity contribution is 5.61. The average molecular weight is 361 g/mol. The van der Waals surface area contributed by atoms with Crippen molar-refractivity contribution in [3.8, 4) is 11.3 Å². The van der Waals surface area contributed by atoms with Crippen molar-refractivity contribution in [3.05, 3.63) is 72.2 Å². The zero-order valence-electron chi connectivity index (χ0n) is 15.8. The van der Waals surface area contributed by atoms with Gasteiger partial charge < -0.3 is 5.73 Å². The van der Waals surface area contributed by atoms with E-state index in [1.165, 1.54) is 17.5 Å². The maximum absolute atomic E-state index is 6.11. The lowest BCUT2D eigenvalue weighted by molar-refractivity contribution is 0.309. The van der Waals surface area contributed by atoms with E-state index in [2.05, 4.69) is 53.3 Å². The van der Waals surface area contributed by atoms with Gasteiger partial charge in [-0.1, -0.05) is 30.3 Å². The first-order chi connectivity index (χ1) is 13.2. The summed E-state index contributed by atoms with van der Waals surface area (Å²) in [6, 6.07) is 14.8. The maximum Gasteiger partial charge on any atom is 0.0983 e. The molecule has 140 valence electrons. The summed E-state index contributed by atoms with van der Waals surface area (Å²) in [6.45, 7) is 5.96. The number of hydrogen-bond acceptors (Lipinski definition) is 4. The summed E-state index contributed by atoms with van der Waals surface area (Å²) < 4.78 is 2.05. The summed E-state index contributed by atoms with van der Waals surface area (Å²) >= 11 is 0. The van der Waals surface area contributed by atoms with Crippen LogP contribution in [0.3, 0.4) is 0 Å². The molecule has 1 aliphatic heterocycles. The van der Waals surface area contributed by atoms with Crippen LogP contribution in [-0.4, -0.2) is 38.8 Å². The summed E-state index contributed by atoms with van der Waals surface area (Å²) in [7, 11) is 0. The predicted molar refractivity (Wildman–Crippen MR) is 108 cm³/mol. The van der Waals surface area contributed by atoms with Crippen LogP contribution in [-0.2, 0) is 13.1 Å². The first-order valence-corrected chi connectivity index (χ1v) is 9.67. The summed E-state index contributed by atoms with van der Waals surface area (Å²) in [5, 5.41) is 4.90. The minimum Gasteiger partial charge on any atom is -0.328 e. The van der Waals surface area contributed by atoms with Crippen LogP contribution >= 0.6 is 0 Å². The molecule has 0 radical (unpaired) electrons. The second-order valence-electron chi connectivity index (χ2n) is 7.57. The lowest BCUT2D eigenvalue weighted by atomic mass is 10.0. The van der Waals surface area contributed by atoms with Crippen molar-refractivity contribution in [3.63, 3.8) is 0 Å². The van der Waals surface area contributed by atoms with Crippen molar-refractivity contribution >= 4 is 0 Å². The maximum atomic E-state index is 6.11. The number of rotatable bonds is 6.